The second-order valence-electron chi connectivity index (χ2n) is 3.64. The zero-order chi connectivity index (χ0) is 9.26. The van der Waals surface area contributed by atoms with Crippen molar-refractivity contribution in [1.82, 2.24) is 0 Å². The first-order valence-corrected chi connectivity index (χ1v) is 4.93. The van der Waals surface area contributed by atoms with Gasteiger partial charge in [-0.2, -0.15) is 0 Å². The molecule has 1 aromatic carbocycles. The second kappa shape index (κ2) is 3.69. The maximum absolute atomic E-state index is 5.92. The molecule has 0 fully saturated rings. The molecule has 2 heteroatoms. The Morgan fingerprint density at radius 2 is 2.15 bits per heavy atom. The van der Waals surface area contributed by atoms with Gasteiger partial charge in [-0.15, -0.1) is 0 Å². The molecule has 0 heterocycles. The Morgan fingerprint density at radius 3 is 2.92 bits per heavy atom. The number of ether oxygens (including phenoxy) is 1. The monoisotopic (exact) mass is 196 g/mol. The molecule has 1 nitrogen and oxygen atoms in total. The van der Waals surface area contributed by atoms with Gasteiger partial charge in [0.05, 0.1) is 0 Å². The quantitative estimate of drug-likeness (QED) is 0.707. The third-order valence-electron chi connectivity index (χ3n) is 2.59. The zero-order valence-electron chi connectivity index (χ0n) is 7.72. The van der Waals surface area contributed by atoms with Crippen LogP contribution in [-0.4, -0.2) is 13.7 Å². The van der Waals surface area contributed by atoms with Gasteiger partial charge in [-0.1, -0.05) is 17.7 Å². The lowest BCUT2D eigenvalue weighted by molar-refractivity contribution is 0.156. The summed E-state index contributed by atoms with van der Waals surface area (Å²) in [7, 11) is 1.76. The minimum absolute atomic E-state index is 0.651. The molecular weight excluding hydrogens is 184 g/mol. The topological polar surface area (TPSA) is 9.23 Å². The summed E-state index contributed by atoms with van der Waals surface area (Å²) < 4.78 is 5.15. The van der Waals surface area contributed by atoms with Gasteiger partial charge < -0.3 is 4.74 Å². The average Bonchev–Trinajstić information content (AvgIpc) is 2.46. The molecule has 70 valence electrons. The first-order valence-electron chi connectivity index (χ1n) is 4.56. The van der Waals surface area contributed by atoms with Crippen molar-refractivity contribution in [3.63, 3.8) is 0 Å². The predicted molar refractivity (Wildman–Crippen MR) is 54.2 cm³/mol. The van der Waals surface area contributed by atoms with Gasteiger partial charge in [0, 0.05) is 18.7 Å². The maximum atomic E-state index is 5.92. The summed E-state index contributed by atoms with van der Waals surface area (Å²) in [5.41, 5.74) is 2.83. The van der Waals surface area contributed by atoms with E-state index in [1.807, 2.05) is 6.07 Å². The fourth-order valence-corrected chi connectivity index (χ4v) is 2.23. The van der Waals surface area contributed by atoms with Crippen molar-refractivity contribution < 1.29 is 4.74 Å². The molecule has 1 unspecified atom stereocenters. The predicted octanol–water partition coefficient (Wildman–Crippen LogP) is 2.70. The fourth-order valence-electron chi connectivity index (χ4n) is 2.03. The van der Waals surface area contributed by atoms with Gasteiger partial charge in [0.1, 0.15) is 0 Å². The summed E-state index contributed by atoms with van der Waals surface area (Å²) in [6.45, 7) is 0.853. The Kier molecular flexibility index (Phi) is 2.56. The molecule has 1 aliphatic carbocycles. The molecule has 1 aromatic rings. The molecule has 0 spiro atoms. The SMILES string of the molecule is COCC1Cc2ccc(Cl)cc2C1. The van der Waals surface area contributed by atoms with E-state index in [9.17, 15) is 0 Å². The summed E-state index contributed by atoms with van der Waals surface area (Å²) in [6.07, 6.45) is 2.25. The molecule has 0 radical (unpaired) electrons. The Labute approximate surface area is 83.7 Å². The van der Waals surface area contributed by atoms with E-state index in [1.165, 1.54) is 11.1 Å². The molecule has 0 saturated heterocycles. The number of fused-ring (bicyclic) bond motifs is 1. The van der Waals surface area contributed by atoms with E-state index in [-0.39, 0.29) is 0 Å². The standard InChI is InChI=1S/C11H13ClO/c1-13-7-8-4-9-2-3-11(12)6-10(9)5-8/h2-3,6,8H,4-5,7H2,1H3. The van der Waals surface area contributed by atoms with Crippen molar-refractivity contribution >= 4 is 11.6 Å². The summed E-state index contributed by atoms with van der Waals surface area (Å²) in [5.74, 6) is 0.651. The molecule has 13 heavy (non-hydrogen) atoms. The zero-order valence-corrected chi connectivity index (χ0v) is 8.47. The summed E-state index contributed by atoms with van der Waals surface area (Å²) >= 11 is 5.92. The maximum Gasteiger partial charge on any atom is 0.0496 e. The first kappa shape index (κ1) is 9.04. The largest absolute Gasteiger partial charge is 0.384 e. The van der Waals surface area contributed by atoms with Crippen molar-refractivity contribution in [2.75, 3.05) is 13.7 Å². The average molecular weight is 197 g/mol. The van der Waals surface area contributed by atoms with Crippen LogP contribution in [0.3, 0.4) is 0 Å². The van der Waals surface area contributed by atoms with E-state index in [2.05, 4.69) is 12.1 Å². The van der Waals surface area contributed by atoms with Gasteiger partial charge in [0.15, 0.2) is 0 Å². The molecule has 0 N–H and O–H groups in total. The third-order valence-corrected chi connectivity index (χ3v) is 2.82. The van der Waals surface area contributed by atoms with E-state index in [1.54, 1.807) is 7.11 Å². The molecule has 0 bridgehead atoms. The van der Waals surface area contributed by atoms with Gasteiger partial charge in [0.25, 0.3) is 0 Å². The van der Waals surface area contributed by atoms with E-state index < -0.39 is 0 Å². The molecule has 1 atom stereocenters. The summed E-state index contributed by atoms with van der Waals surface area (Å²) in [5, 5.41) is 0.844. The van der Waals surface area contributed by atoms with Gasteiger partial charge >= 0.3 is 0 Å². The lowest BCUT2D eigenvalue weighted by Crippen LogP contribution is -2.07. The Balaban J connectivity index is 2.16. The fraction of sp³-hybridized carbons (Fsp3) is 0.455. The number of hydrogen-bond donors (Lipinski definition) is 0. The van der Waals surface area contributed by atoms with Crippen molar-refractivity contribution in [2.45, 2.75) is 12.8 Å². The van der Waals surface area contributed by atoms with E-state index in [0.717, 1.165) is 24.5 Å². The molecule has 1 aliphatic rings. The Bertz CT molecular complexity index is 309. The molecule has 0 saturated carbocycles. The number of hydrogen-bond acceptors (Lipinski definition) is 1. The highest BCUT2D eigenvalue weighted by Gasteiger charge is 2.20. The molecule has 2 rings (SSSR count). The van der Waals surface area contributed by atoms with Crippen LogP contribution in [0.4, 0.5) is 0 Å². The Morgan fingerprint density at radius 1 is 1.38 bits per heavy atom. The lowest BCUT2D eigenvalue weighted by Gasteiger charge is -2.05. The van der Waals surface area contributed by atoms with Gasteiger partial charge in [-0.05, 0) is 42.0 Å². The van der Waals surface area contributed by atoms with Crippen LogP contribution < -0.4 is 0 Å². The van der Waals surface area contributed by atoms with Crippen LogP contribution in [0.25, 0.3) is 0 Å². The van der Waals surface area contributed by atoms with Crippen molar-refractivity contribution in [3.8, 4) is 0 Å². The van der Waals surface area contributed by atoms with Crippen LogP contribution in [0.15, 0.2) is 18.2 Å². The van der Waals surface area contributed by atoms with E-state index in [0.29, 0.717) is 5.92 Å². The lowest BCUT2D eigenvalue weighted by atomic mass is 10.1. The highest BCUT2D eigenvalue weighted by atomic mass is 35.5. The van der Waals surface area contributed by atoms with Crippen LogP contribution in [0.5, 0.6) is 0 Å². The van der Waals surface area contributed by atoms with Crippen LogP contribution in [0.2, 0.25) is 5.02 Å². The van der Waals surface area contributed by atoms with E-state index in [4.69, 9.17) is 16.3 Å². The number of methoxy groups -OCH3 is 1. The van der Waals surface area contributed by atoms with Gasteiger partial charge in [0.2, 0.25) is 0 Å². The van der Waals surface area contributed by atoms with Crippen LogP contribution in [0, 0.1) is 5.92 Å². The highest BCUT2D eigenvalue weighted by molar-refractivity contribution is 6.30. The number of benzene rings is 1. The van der Waals surface area contributed by atoms with Gasteiger partial charge in [-0.25, -0.2) is 0 Å². The van der Waals surface area contributed by atoms with Gasteiger partial charge in [-0.3, -0.25) is 0 Å². The van der Waals surface area contributed by atoms with Crippen molar-refractivity contribution in [1.29, 1.82) is 0 Å². The summed E-state index contributed by atoms with van der Waals surface area (Å²) in [6, 6.07) is 6.18. The number of rotatable bonds is 2. The normalized spacial score (nSPS) is 20.3. The van der Waals surface area contributed by atoms with Crippen LogP contribution in [-0.2, 0) is 17.6 Å². The molecular formula is C11H13ClO. The van der Waals surface area contributed by atoms with E-state index >= 15 is 0 Å². The molecule has 0 aromatic heterocycles. The summed E-state index contributed by atoms with van der Waals surface area (Å²) in [4.78, 5) is 0. The van der Waals surface area contributed by atoms with Crippen LogP contribution >= 0.6 is 11.6 Å². The minimum Gasteiger partial charge on any atom is -0.384 e. The smallest absolute Gasteiger partial charge is 0.0496 e. The van der Waals surface area contributed by atoms with Crippen molar-refractivity contribution in [2.24, 2.45) is 5.92 Å². The van der Waals surface area contributed by atoms with Crippen molar-refractivity contribution in [3.05, 3.63) is 34.3 Å². The van der Waals surface area contributed by atoms with Crippen LogP contribution in [0.1, 0.15) is 11.1 Å². The first-order chi connectivity index (χ1) is 6.29. The molecule has 0 amide bonds. The number of halogens is 1. The molecule has 0 aliphatic heterocycles. The highest BCUT2D eigenvalue weighted by Crippen LogP contribution is 2.28. The second-order valence-corrected chi connectivity index (χ2v) is 4.08. The minimum atomic E-state index is 0.651. The Hall–Kier alpha value is -0.530. The third kappa shape index (κ3) is 1.87.